The molecule has 0 aliphatic rings. The summed E-state index contributed by atoms with van der Waals surface area (Å²) < 4.78 is 4.08. The zero-order chi connectivity index (χ0) is 10.9. The molecule has 0 bridgehead atoms. The van der Waals surface area contributed by atoms with Crippen LogP contribution in [0, 0.1) is 6.92 Å². The largest absolute Gasteiger partial charge is 0.394 e. The fourth-order valence-electron chi connectivity index (χ4n) is 1.03. The Morgan fingerprint density at radius 2 is 2.14 bits per heavy atom. The van der Waals surface area contributed by atoms with E-state index in [1.54, 1.807) is 0 Å². The van der Waals surface area contributed by atoms with E-state index in [2.05, 4.69) is 4.37 Å². The van der Waals surface area contributed by atoms with Crippen molar-refractivity contribution in [3.63, 3.8) is 0 Å². The molecule has 3 N–H and O–H groups in total. The topological polar surface area (TPSA) is 62.4 Å². The molecule has 0 atom stereocenters. The predicted molar refractivity (Wildman–Crippen MR) is 60.8 cm³/mol. The molecule has 4 nitrogen and oxygen atoms in total. The molecule has 0 amide bonds. The van der Waals surface area contributed by atoms with E-state index in [0.717, 1.165) is 10.6 Å². The molecule has 0 aliphatic heterocycles. The second-order valence-electron chi connectivity index (χ2n) is 4.03. The molecule has 0 fully saturated rings. The number of nitrogen functional groups attached to an aromatic ring is 1. The zero-order valence-corrected chi connectivity index (χ0v) is 9.85. The van der Waals surface area contributed by atoms with Gasteiger partial charge in [-0.3, -0.25) is 0 Å². The minimum Gasteiger partial charge on any atom is -0.394 e. The van der Waals surface area contributed by atoms with Crippen molar-refractivity contribution in [2.45, 2.75) is 26.3 Å². The molecular formula is C9H17N3OS. The highest BCUT2D eigenvalue weighted by Gasteiger charge is 2.25. The second kappa shape index (κ2) is 3.74. The standard InChI is InChI=1S/C9H17N3OS/c1-6-7(10)11-14-8(6)12(4)9(2,3)5-13/h13H,5H2,1-4H3,(H2,10,11). The van der Waals surface area contributed by atoms with Crippen LogP contribution in [-0.4, -0.2) is 28.7 Å². The SMILES string of the molecule is Cc1c(N)nsc1N(C)C(C)(C)CO. The lowest BCUT2D eigenvalue weighted by molar-refractivity contribution is 0.216. The van der Waals surface area contributed by atoms with E-state index in [1.807, 2.05) is 32.7 Å². The van der Waals surface area contributed by atoms with Crippen LogP contribution in [0.1, 0.15) is 19.4 Å². The maximum absolute atomic E-state index is 9.23. The molecule has 0 unspecified atom stereocenters. The highest BCUT2D eigenvalue weighted by atomic mass is 32.1. The first-order chi connectivity index (χ1) is 6.40. The van der Waals surface area contributed by atoms with Crippen molar-refractivity contribution in [3.8, 4) is 0 Å². The van der Waals surface area contributed by atoms with Gasteiger partial charge in [0.1, 0.15) is 10.8 Å². The van der Waals surface area contributed by atoms with E-state index >= 15 is 0 Å². The molecule has 1 heterocycles. The van der Waals surface area contributed by atoms with Crippen LogP contribution >= 0.6 is 11.5 Å². The van der Waals surface area contributed by atoms with E-state index in [9.17, 15) is 5.11 Å². The van der Waals surface area contributed by atoms with Crippen LogP contribution in [0.5, 0.6) is 0 Å². The smallest absolute Gasteiger partial charge is 0.142 e. The van der Waals surface area contributed by atoms with Gasteiger partial charge in [0.2, 0.25) is 0 Å². The first kappa shape index (κ1) is 11.3. The Morgan fingerprint density at radius 1 is 1.57 bits per heavy atom. The van der Waals surface area contributed by atoms with Crippen LogP contribution in [0.15, 0.2) is 0 Å². The lowest BCUT2D eigenvalue weighted by Crippen LogP contribution is -2.44. The summed E-state index contributed by atoms with van der Waals surface area (Å²) in [5.74, 6) is 0.575. The number of hydrogen-bond acceptors (Lipinski definition) is 5. The number of likely N-dealkylation sites (N-methyl/N-ethyl adjacent to an activating group) is 1. The van der Waals surface area contributed by atoms with Crippen molar-refractivity contribution in [2.75, 3.05) is 24.3 Å². The van der Waals surface area contributed by atoms with Gasteiger partial charge in [-0.25, -0.2) is 0 Å². The molecular weight excluding hydrogens is 198 g/mol. The molecule has 0 saturated heterocycles. The van der Waals surface area contributed by atoms with Gasteiger partial charge in [-0.1, -0.05) is 0 Å². The minimum atomic E-state index is -0.288. The maximum atomic E-state index is 9.23. The summed E-state index contributed by atoms with van der Waals surface area (Å²) in [5.41, 5.74) is 6.37. The van der Waals surface area contributed by atoms with Gasteiger partial charge in [-0.05, 0) is 32.3 Å². The maximum Gasteiger partial charge on any atom is 0.142 e. The average Bonchev–Trinajstić information content (AvgIpc) is 2.47. The van der Waals surface area contributed by atoms with Crippen molar-refractivity contribution in [3.05, 3.63) is 5.56 Å². The normalized spacial score (nSPS) is 11.8. The lowest BCUT2D eigenvalue weighted by atomic mass is 10.1. The Bertz CT molecular complexity index is 322. The highest BCUT2D eigenvalue weighted by molar-refractivity contribution is 7.10. The van der Waals surface area contributed by atoms with Crippen molar-refractivity contribution in [1.29, 1.82) is 0 Å². The van der Waals surface area contributed by atoms with E-state index in [1.165, 1.54) is 11.5 Å². The van der Waals surface area contributed by atoms with Gasteiger partial charge in [0.25, 0.3) is 0 Å². The van der Waals surface area contributed by atoms with Gasteiger partial charge < -0.3 is 15.7 Å². The van der Waals surface area contributed by atoms with Gasteiger partial charge in [-0.2, -0.15) is 4.37 Å². The number of aliphatic hydroxyl groups is 1. The monoisotopic (exact) mass is 215 g/mol. The summed E-state index contributed by atoms with van der Waals surface area (Å²) >= 11 is 1.37. The zero-order valence-electron chi connectivity index (χ0n) is 9.03. The molecule has 5 heteroatoms. The summed E-state index contributed by atoms with van der Waals surface area (Å²) in [4.78, 5) is 2.01. The third-order valence-corrected chi connectivity index (χ3v) is 3.58. The Morgan fingerprint density at radius 3 is 2.50 bits per heavy atom. The third-order valence-electron chi connectivity index (χ3n) is 2.54. The van der Waals surface area contributed by atoms with Crippen molar-refractivity contribution in [2.24, 2.45) is 0 Å². The predicted octanol–water partition coefficient (Wildman–Crippen LogP) is 1.24. The Kier molecular flexibility index (Phi) is 3.01. The molecule has 1 rings (SSSR count). The third kappa shape index (κ3) is 1.83. The number of aliphatic hydroxyl groups excluding tert-OH is 1. The van der Waals surface area contributed by atoms with Gasteiger partial charge in [0.05, 0.1) is 12.1 Å². The van der Waals surface area contributed by atoms with E-state index in [4.69, 9.17) is 5.73 Å². The summed E-state index contributed by atoms with van der Waals surface area (Å²) in [6.45, 7) is 5.99. The quantitative estimate of drug-likeness (QED) is 0.796. The summed E-state index contributed by atoms with van der Waals surface area (Å²) in [7, 11) is 1.94. The van der Waals surface area contributed by atoms with Gasteiger partial charge in [-0.15, -0.1) is 0 Å². The van der Waals surface area contributed by atoms with Crippen molar-refractivity contribution < 1.29 is 5.11 Å². The Labute approximate surface area is 88.5 Å². The molecule has 80 valence electrons. The molecule has 0 radical (unpaired) electrons. The molecule has 1 aromatic heterocycles. The molecule has 0 spiro atoms. The van der Waals surface area contributed by atoms with E-state index in [0.29, 0.717) is 5.82 Å². The number of aromatic nitrogens is 1. The van der Waals surface area contributed by atoms with Gasteiger partial charge >= 0.3 is 0 Å². The fourth-order valence-corrected chi connectivity index (χ4v) is 1.97. The van der Waals surface area contributed by atoms with Crippen LogP contribution < -0.4 is 10.6 Å². The summed E-state index contributed by atoms with van der Waals surface area (Å²) in [5, 5.41) is 10.3. The van der Waals surface area contributed by atoms with Gasteiger partial charge in [0.15, 0.2) is 0 Å². The van der Waals surface area contributed by atoms with Crippen LogP contribution in [0.4, 0.5) is 10.8 Å². The van der Waals surface area contributed by atoms with Crippen molar-refractivity contribution >= 4 is 22.4 Å². The average molecular weight is 215 g/mol. The summed E-state index contributed by atoms with van der Waals surface area (Å²) in [6.07, 6.45) is 0. The minimum absolute atomic E-state index is 0.0980. The number of hydrogen-bond donors (Lipinski definition) is 2. The fraction of sp³-hybridized carbons (Fsp3) is 0.667. The van der Waals surface area contributed by atoms with Crippen LogP contribution in [-0.2, 0) is 0 Å². The number of nitrogens with zero attached hydrogens (tertiary/aromatic N) is 2. The second-order valence-corrected chi connectivity index (χ2v) is 4.78. The molecule has 1 aromatic rings. The number of anilines is 2. The Balaban J connectivity index is 3.00. The highest BCUT2D eigenvalue weighted by Crippen LogP contribution is 2.32. The first-order valence-electron chi connectivity index (χ1n) is 4.46. The number of rotatable bonds is 3. The van der Waals surface area contributed by atoms with Crippen molar-refractivity contribution in [1.82, 2.24) is 4.37 Å². The summed E-state index contributed by atoms with van der Waals surface area (Å²) in [6, 6.07) is 0. The molecule has 14 heavy (non-hydrogen) atoms. The van der Waals surface area contributed by atoms with Crippen LogP contribution in [0.2, 0.25) is 0 Å². The molecule has 0 aliphatic carbocycles. The van der Waals surface area contributed by atoms with Gasteiger partial charge in [0, 0.05) is 12.6 Å². The Hall–Kier alpha value is -0.810. The van der Waals surface area contributed by atoms with E-state index in [-0.39, 0.29) is 12.1 Å². The first-order valence-corrected chi connectivity index (χ1v) is 5.24. The van der Waals surface area contributed by atoms with Crippen LogP contribution in [0.25, 0.3) is 0 Å². The van der Waals surface area contributed by atoms with E-state index < -0.39 is 0 Å². The lowest BCUT2D eigenvalue weighted by Gasteiger charge is -2.34. The van der Waals surface area contributed by atoms with Crippen LogP contribution in [0.3, 0.4) is 0 Å². The number of nitrogens with two attached hydrogens (primary N) is 1. The molecule has 0 aromatic carbocycles. The molecule has 0 saturated carbocycles.